The van der Waals surface area contributed by atoms with Crippen molar-refractivity contribution in [2.45, 2.75) is 4.90 Å². The number of hydrogen-bond acceptors (Lipinski definition) is 8. The molecule has 0 aliphatic carbocycles. The first kappa shape index (κ1) is 27.4. The van der Waals surface area contributed by atoms with Crippen LogP contribution >= 0.6 is 0 Å². The van der Waals surface area contributed by atoms with Crippen LogP contribution in [-0.4, -0.2) is 56.2 Å². The molecule has 2 aromatic carbocycles. The van der Waals surface area contributed by atoms with Gasteiger partial charge in [-0.3, -0.25) is 9.12 Å². The van der Waals surface area contributed by atoms with Crippen molar-refractivity contribution >= 4 is 32.9 Å². The van der Waals surface area contributed by atoms with Crippen LogP contribution < -0.4 is 20.1 Å². The maximum absolute atomic E-state index is 14.3. The summed E-state index contributed by atoms with van der Waals surface area (Å²) in [5.41, 5.74) is 10.8. The number of nitrogens with one attached hydrogen (secondary N) is 1. The summed E-state index contributed by atoms with van der Waals surface area (Å²) in [4.78, 5) is 10.3. The molecule has 4 heterocycles. The Hall–Kier alpha value is -4.75. The number of morpholine rings is 1. The van der Waals surface area contributed by atoms with Crippen LogP contribution in [0.1, 0.15) is 0 Å². The average Bonchev–Trinajstić information content (AvgIpc) is 3.32. The van der Waals surface area contributed by atoms with Crippen molar-refractivity contribution in [2.24, 2.45) is 0 Å². The third-order valence-corrected chi connectivity index (χ3v) is 8.35. The Labute approximate surface area is 240 Å². The van der Waals surface area contributed by atoms with Crippen molar-refractivity contribution in [1.29, 1.82) is 0 Å². The molecular formula is C29H26F2N6O4S. The van der Waals surface area contributed by atoms with E-state index in [1.807, 2.05) is 28.8 Å². The molecule has 216 valence electrons. The van der Waals surface area contributed by atoms with Gasteiger partial charge in [-0.05, 0) is 42.5 Å². The van der Waals surface area contributed by atoms with Crippen molar-refractivity contribution in [3.05, 3.63) is 84.7 Å². The van der Waals surface area contributed by atoms with Crippen LogP contribution in [0.25, 0.3) is 28.0 Å². The highest BCUT2D eigenvalue weighted by atomic mass is 32.2. The summed E-state index contributed by atoms with van der Waals surface area (Å²) < 4.78 is 68.5. The van der Waals surface area contributed by atoms with Crippen LogP contribution in [-0.2, 0) is 14.8 Å². The quantitative estimate of drug-likeness (QED) is 0.282. The number of aromatic nitrogens is 3. The van der Waals surface area contributed by atoms with Crippen molar-refractivity contribution in [3.63, 3.8) is 0 Å². The molecular weight excluding hydrogens is 566 g/mol. The molecule has 42 heavy (non-hydrogen) atoms. The average molecular weight is 593 g/mol. The number of halogens is 2. The number of nitrogens with zero attached hydrogens (tertiary/aromatic N) is 4. The summed E-state index contributed by atoms with van der Waals surface area (Å²) >= 11 is 0. The smallest absolute Gasteiger partial charge is 0.264 e. The van der Waals surface area contributed by atoms with E-state index in [0.717, 1.165) is 36.5 Å². The fourth-order valence-electron chi connectivity index (χ4n) is 4.93. The van der Waals surface area contributed by atoms with Crippen LogP contribution in [0.15, 0.2) is 78.0 Å². The molecule has 1 aliphatic rings. The summed E-state index contributed by atoms with van der Waals surface area (Å²) in [6.07, 6.45) is 3.35. The van der Waals surface area contributed by atoms with E-state index in [0.29, 0.717) is 47.6 Å². The molecule has 3 aromatic heterocycles. The third kappa shape index (κ3) is 5.19. The Morgan fingerprint density at radius 3 is 2.57 bits per heavy atom. The molecule has 0 bridgehead atoms. The number of rotatable bonds is 7. The number of sulfonamides is 1. The van der Waals surface area contributed by atoms with E-state index in [9.17, 15) is 17.2 Å². The van der Waals surface area contributed by atoms with Gasteiger partial charge in [0.1, 0.15) is 27.9 Å². The highest BCUT2D eigenvalue weighted by Gasteiger charge is 2.23. The second-order valence-electron chi connectivity index (χ2n) is 9.60. The lowest BCUT2D eigenvalue weighted by Crippen LogP contribution is -2.36. The predicted molar refractivity (Wildman–Crippen MR) is 155 cm³/mol. The van der Waals surface area contributed by atoms with Crippen LogP contribution in [0.2, 0.25) is 0 Å². The maximum Gasteiger partial charge on any atom is 0.264 e. The van der Waals surface area contributed by atoms with Crippen LogP contribution in [0.3, 0.4) is 0 Å². The summed E-state index contributed by atoms with van der Waals surface area (Å²) in [6.45, 7) is 2.91. The Bertz CT molecular complexity index is 1910. The third-order valence-electron chi connectivity index (χ3n) is 6.95. The second-order valence-corrected chi connectivity index (χ2v) is 11.3. The fraction of sp³-hybridized carbons (Fsp3) is 0.172. The summed E-state index contributed by atoms with van der Waals surface area (Å²) in [6, 6.07) is 15.4. The monoisotopic (exact) mass is 592 g/mol. The minimum Gasteiger partial charge on any atom is -0.480 e. The lowest BCUT2D eigenvalue weighted by Gasteiger charge is -2.29. The van der Waals surface area contributed by atoms with Crippen molar-refractivity contribution in [2.75, 3.05) is 48.8 Å². The lowest BCUT2D eigenvalue weighted by atomic mass is 10.1. The largest absolute Gasteiger partial charge is 0.480 e. The lowest BCUT2D eigenvalue weighted by molar-refractivity contribution is 0.122. The molecule has 0 radical (unpaired) electrons. The van der Waals surface area contributed by atoms with E-state index in [1.54, 1.807) is 12.1 Å². The van der Waals surface area contributed by atoms with Crippen LogP contribution in [0.4, 0.5) is 26.0 Å². The molecule has 0 saturated carbocycles. The van der Waals surface area contributed by atoms with Crippen LogP contribution in [0.5, 0.6) is 5.88 Å². The molecule has 0 amide bonds. The first-order chi connectivity index (χ1) is 20.2. The van der Waals surface area contributed by atoms with E-state index in [2.05, 4.69) is 25.7 Å². The first-order valence-corrected chi connectivity index (χ1v) is 14.4. The minimum atomic E-state index is -4.44. The molecule has 1 fully saturated rings. The van der Waals surface area contributed by atoms with Gasteiger partial charge in [0.15, 0.2) is 5.82 Å². The van der Waals surface area contributed by atoms with Gasteiger partial charge in [0.2, 0.25) is 5.88 Å². The number of hydrogen-bond donors (Lipinski definition) is 2. The summed E-state index contributed by atoms with van der Waals surface area (Å²) in [5.74, 6) is -1.79. The number of fused-ring (bicyclic) bond motifs is 1. The van der Waals surface area contributed by atoms with Crippen molar-refractivity contribution < 1.29 is 26.7 Å². The zero-order valence-corrected chi connectivity index (χ0v) is 23.2. The van der Waals surface area contributed by atoms with Gasteiger partial charge in [0.05, 0.1) is 26.0 Å². The molecule has 0 atom stereocenters. The number of methoxy groups -OCH3 is 1. The molecule has 6 rings (SSSR count). The molecule has 0 unspecified atom stereocenters. The van der Waals surface area contributed by atoms with E-state index in [4.69, 9.17) is 15.2 Å². The summed E-state index contributed by atoms with van der Waals surface area (Å²) in [7, 11) is -3.11. The normalized spacial score (nSPS) is 13.8. The standard InChI is InChI=1S/C29H26F2N6O4S/c1-40-29-24(35-42(38,39)25-7-6-21(30)15-23(25)31)14-20(16-33-29)19-5-8-26-34-28(32)27(37(26)17-19)18-3-2-4-22(13-18)36-9-11-41-12-10-36/h2-8,13-17,35H,9-12,32H2,1H3. The Morgan fingerprint density at radius 1 is 1.00 bits per heavy atom. The van der Waals surface area contributed by atoms with E-state index in [1.165, 1.54) is 19.4 Å². The van der Waals surface area contributed by atoms with Gasteiger partial charge >= 0.3 is 0 Å². The van der Waals surface area contributed by atoms with Gasteiger partial charge in [0.25, 0.3) is 10.0 Å². The van der Waals surface area contributed by atoms with Crippen LogP contribution in [0, 0.1) is 11.6 Å². The van der Waals surface area contributed by atoms with Gasteiger partial charge < -0.3 is 20.1 Å². The first-order valence-electron chi connectivity index (χ1n) is 13.0. The Morgan fingerprint density at radius 2 is 1.81 bits per heavy atom. The Balaban J connectivity index is 1.38. The number of imidazole rings is 1. The Kier molecular flexibility index (Phi) is 7.12. The van der Waals surface area contributed by atoms with Crippen molar-refractivity contribution in [1.82, 2.24) is 14.4 Å². The van der Waals surface area contributed by atoms with E-state index >= 15 is 0 Å². The fourth-order valence-corrected chi connectivity index (χ4v) is 6.04. The van der Waals surface area contributed by atoms with E-state index in [-0.39, 0.29) is 11.6 Å². The molecule has 5 aromatic rings. The predicted octanol–water partition coefficient (Wildman–Crippen LogP) is 4.57. The van der Waals surface area contributed by atoms with Gasteiger partial charge in [-0.25, -0.2) is 27.2 Å². The van der Waals surface area contributed by atoms with E-state index < -0.39 is 26.6 Å². The topological polar surface area (TPSA) is 124 Å². The van der Waals surface area contributed by atoms with Gasteiger partial charge in [0, 0.05) is 53.9 Å². The molecule has 3 N–H and O–H groups in total. The molecule has 0 spiro atoms. The number of ether oxygens (including phenoxy) is 2. The van der Waals surface area contributed by atoms with Gasteiger partial charge in [-0.1, -0.05) is 12.1 Å². The molecule has 10 nitrogen and oxygen atoms in total. The summed E-state index contributed by atoms with van der Waals surface area (Å²) in [5, 5.41) is 0. The van der Waals surface area contributed by atoms with Gasteiger partial charge in [-0.15, -0.1) is 0 Å². The number of anilines is 3. The SMILES string of the molecule is COc1ncc(-c2ccc3nc(N)c(-c4cccc(N5CCOCC5)c4)n3c2)cc1NS(=O)(=O)c1ccc(F)cc1F. The highest BCUT2D eigenvalue weighted by molar-refractivity contribution is 7.92. The highest BCUT2D eigenvalue weighted by Crippen LogP contribution is 2.34. The van der Waals surface area contributed by atoms with Crippen molar-refractivity contribution in [3.8, 4) is 28.3 Å². The number of benzene rings is 2. The minimum absolute atomic E-state index is 0.0256. The number of pyridine rings is 2. The van der Waals surface area contributed by atoms with Gasteiger partial charge in [-0.2, -0.15) is 0 Å². The molecule has 1 saturated heterocycles. The zero-order chi connectivity index (χ0) is 29.4. The number of nitrogen functional groups attached to an aromatic ring is 1. The number of nitrogens with two attached hydrogens (primary N) is 1. The molecule has 1 aliphatic heterocycles. The zero-order valence-electron chi connectivity index (χ0n) is 22.4. The maximum atomic E-state index is 14.3. The molecule has 13 heteroatoms. The second kappa shape index (κ2) is 10.9.